The highest BCUT2D eigenvalue weighted by atomic mass is 35.5. The van der Waals surface area contributed by atoms with Gasteiger partial charge in [-0.1, -0.05) is 30.2 Å². The van der Waals surface area contributed by atoms with Crippen molar-refractivity contribution in [1.29, 1.82) is 0 Å². The Morgan fingerprint density at radius 1 is 1.26 bits per heavy atom. The number of piperazine rings is 1. The molecule has 1 saturated heterocycles. The molecule has 1 aromatic rings. The van der Waals surface area contributed by atoms with Gasteiger partial charge in [-0.25, -0.2) is 4.39 Å². The fourth-order valence-corrected chi connectivity index (χ4v) is 3.45. The highest BCUT2D eigenvalue weighted by Crippen LogP contribution is 2.43. The highest BCUT2D eigenvalue weighted by molar-refractivity contribution is 6.31. The summed E-state index contributed by atoms with van der Waals surface area (Å²) in [5, 5.41) is 3.69. The molecule has 0 unspecified atom stereocenters. The van der Waals surface area contributed by atoms with E-state index in [0.29, 0.717) is 17.0 Å². The van der Waals surface area contributed by atoms with Crippen molar-refractivity contribution in [2.75, 3.05) is 26.2 Å². The molecule has 104 valence electrons. The minimum Gasteiger partial charge on any atom is -0.314 e. The average Bonchev–Trinajstić information content (AvgIpc) is 2.38. The van der Waals surface area contributed by atoms with Gasteiger partial charge in [0.2, 0.25) is 0 Å². The van der Waals surface area contributed by atoms with Crippen molar-refractivity contribution < 1.29 is 4.39 Å². The second-order valence-electron chi connectivity index (χ2n) is 5.56. The fraction of sp³-hybridized carbons (Fsp3) is 0.600. The summed E-state index contributed by atoms with van der Waals surface area (Å²) in [5.74, 6) is 0.344. The van der Waals surface area contributed by atoms with Crippen molar-refractivity contribution in [1.82, 2.24) is 10.2 Å². The molecule has 0 bridgehead atoms. The van der Waals surface area contributed by atoms with Crippen molar-refractivity contribution in [3.8, 4) is 0 Å². The first kappa shape index (κ1) is 13.3. The summed E-state index contributed by atoms with van der Waals surface area (Å²) in [6.07, 6.45) is 3.77. The normalized spacial score (nSPS) is 23.1. The van der Waals surface area contributed by atoms with E-state index in [4.69, 9.17) is 11.6 Å². The summed E-state index contributed by atoms with van der Waals surface area (Å²) < 4.78 is 13.7. The van der Waals surface area contributed by atoms with Gasteiger partial charge in [-0.15, -0.1) is 0 Å². The van der Waals surface area contributed by atoms with E-state index in [9.17, 15) is 4.39 Å². The molecule has 1 saturated carbocycles. The van der Waals surface area contributed by atoms with Crippen molar-refractivity contribution >= 4 is 11.6 Å². The summed E-state index contributed by atoms with van der Waals surface area (Å²) in [6, 6.07) is 5.52. The Bertz CT molecular complexity index is 442. The molecular formula is C15H20ClFN2. The van der Waals surface area contributed by atoms with Gasteiger partial charge in [0.25, 0.3) is 0 Å². The van der Waals surface area contributed by atoms with Gasteiger partial charge in [0.05, 0.1) is 5.02 Å². The number of nitrogens with one attached hydrogen (secondary N) is 1. The summed E-state index contributed by atoms with van der Waals surface area (Å²) in [5.41, 5.74) is 0.980. The SMILES string of the molecule is Fc1cccc([C@H](C2CCC2)N2CCNCC2)c1Cl. The molecule has 0 amide bonds. The minimum absolute atomic E-state index is 0.291. The van der Waals surface area contributed by atoms with Gasteiger partial charge >= 0.3 is 0 Å². The van der Waals surface area contributed by atoms with Gasteiger partial charge in [0.15, 0.2) is 0 Å². The molecule has 19 heavy (non-hydrogen) atoms. The van der Waals surface area contributed by atoms with Crippen LogP contribution in [-0.4, -0.2) is 31.1 Å². The predicted molar refractivity (Wildman–Crippen MR) is 75.9 cm³/mol. The van der Waals surface area contributed by atoms with Crippen LogP contribution in [0.4, 0.5) is 4.39 Å². The molecule has 0 spiro atoms. The van der Waals surface area contributed by atoms with Crippen molar-refractivity contribution in [2.45, 2.75) is 25.3 Å². The van der Waals surface area contributed by atoms with Crippen molar-refractivity contribution in [3.63, 3.8) is 0 Å². The standard InChI is InChI=1S/C15H20ClFN2/c16-14-12(5-2-6-13(14)17)15(11-3-1-4-11)19-9-7-18-8-10-19/h2,5-6,11,15,18H,1,3-4,7-10H2/t15-/m0/s1. The van der Waals surface area contributed by atoms with Gasteiger partial charge in [0, 0.05) is 32.2 Å². The van der Waals surface area contributed by atoms with E-state index in [-0.39, 0.29) is 5.82 Å². The van der Waals surface area contributed by atoms with Gasteiger partial charge in [-0.05, 0) is 30.4 Å². The van der Waals surface area contributed by atoms with Crippen molar-refractivity contribution in [3.05, 3.63) is 34.6 Å². The van der Waals surface area contributed by atoms with E-state index in [2.05, 4.69) is 10.2 Å². The van der Waals surface area contributed by atoms with Gasteiger partial charge in [-0.2, -0.15) is 0 Å². The summed E-state index contributed by atoms with van der Waals surface area (Å²) in [7, 11) is 0. The molecule has 1 N–H and O–H groups in total. The van der Waals surface area contributed by atoms with Crippen LogP contribution in [0.2, 0.25) is 5.02 Å². The fourth-order valence-electron chi connectivity index (χ4n) is 3.21. The first-order valence-corrected chi connectivity index (χ1v) is 7.54. The third kappa shape index (κ3) is 2.64. The van der Waals surface area contributed by atoms with Crippen LogP contribution in [0.1, 0.15) is 30.9 Å². The summed E-state index contributed by atoms with van der Waals surface area (Å²) in [6.45, 7) is 4.06. The molecule has 0 aromatic heterocycles. The Morgan fingerprint density at radius 2 is 2.00 bits per heavy atom. The molecule has 1 atom stereocenters. The van der Waals surface area contributed by atoms with E-state index >= 15 is 0 Å². The minimum atomic E-state index is -0.293. The lowest BCUT2D eigenvalue weighted by atomic mass is 9.76. The van der Waals surface area contributed by atoms with E-state index in [1.54, 1.807) is 6.07 Å². The first-order chi connectivity index (χ1) is 9.27. The van der Waals surface area contributed by atoms with Gasteiger partial charge in [-0.3, -0.25) is 4.90 Å². The average molecular weight is 283 g/mol. The topological polar surface area (TPSA) is 15.3 Å². The van der Waals surface area contributed by atoms with Crippen LogP contribution in [0, 0.1) is 11.7 Å². The highest BCUT2D eigenvalue weighted by Gasteiger charge is 2.35. The molecule has 1 aromatic carbocycles. The molecule has 3 rings (SSSR count). The molecule has 2 aliphatic rings. The van der Waals surface area contributed by atoms with Crippen LogP contribution >= 0.6 is 11.6 Å². The maximum absolute atomic E-state index is 13.7. The molecule has 2 nitrogen and oxygen atoms in total. The van der Waals surface area contributed by atoms with Crippen LogP contribution in [0.5, 0.6) is 0 Å². The Balaban J connectivity index is 1.91. The Labute approximate surface area is 118 Å². The third-order valence-corrected chi connectivity index (χ3v) is 4.84. The van der Waals surface area contributed by atoms with E-state index in [1.165, 1.54) is 25.3 Å². The number of nitrogens with zero attached hydrogens (tertiary/aromatic N) is 1. The van der Waals surface area contributed by atoms with Gasteiger partial charge in [0.1, 0.15) is 5.82 Å². The van der Waals surface area contributed by atoms with E-state index in [1.807, 2.05) is 6.07 Å². The number of halogens is 2. The number of benzene rings is 1. The zero-order valence-corrected chi connectivity index (χ0v) is 11.8. The molecule has 0 radical (unpaired) electrons. The Kier molecular flexibility index (Phi) is 4.06. The van der Waals surface area contributed by atoms with Crippen LogP contribution < -0.4 is 5.32 Å². The summed E-state index contributed by atoms with van der Waals surface area (Å²) >= 11 is 6.22. The lowest BCUT2D eigenvalue weighted by Crippen LogP contribution is -2.48. The molecule has 4 heteroatoms. The number of hydrogen-bond acceptors (Lipinski definition) is 2. The second kappa shape index (κ2) is 5.78. The zero-order valence-electron chi connectivity index (χ0n) is 11.0. The lowest BCUT2D eigenvalue weighted by Gasteiger charge is -2.43. The predicted octanol–water partition coefficient (Wildman–Crippen LogP) is 3.23. The van der Waals surface area contributed by atoms with E-state index in [0.717, 1.165) is 31.7 Å². The van der Waals surface area contributed by atoms with Crippen LogP contribution in [0.25, 0.3) is 0 Å². The third-order valence-electron chi connectivity index (χ3n) is 4.44. The Morgan fingerprint density at radius 3 is 2.63 bits per heavy atom. The maximum Gasteiger partial charge on any atom is 0.142 e. The molecular weight excluding hydrogens is 263 g/mol. The van der Waals surface area contributed by atoms with Crippen LogP contribution in [0.15, 0.2) is 18.2 Å². The lowest BCUT2D eigenvalue weighted by molar-refractivity contribution is 0.0836. The second-order valence-corrected chi connectivity index (χ2v) is 5.94. The Hall–Kier alpha value is -0.640. The monoisotopic (exact) mass is 282 g/mol. The van der Waals surface area contributed by atoms with Crippen LogP contribution in [-0.2, 0) is 0 Å². The van der Waals surface area contributed by atoms with Crippen molar-refractivity contribution in [2.24, 2.45) is 5.92 Å². The van der Waals surface area contributed by atoms with Gasteiger partial charge < -0.3 is 5.32 Å². The maximum atomic E-state index is 13.7. The van der Waals surface area contributed by atoms with Crippen LogP contribution in [0.3, 0.4) is 0 Å². The molecule has 1 aliphatic carbocycles. The number of hydrogen-bond donors (Lipinski definition) is 1. The number of rotatable bonds is 3. The first-order valence-electron chi connectivity index (χ1n) is 7.16. The van der Waals surface area contributed by atoms with E-state index < -0.39 is 0 Å². The molecule has 2 fully saturated rings. The smallest absolute Gasteiger partial charge is 0.142 e. The summed E-state index contributed by atoms with van der Waals surface area (Å²) in [4.78, 5) is 2.47. The molecule has 1 aliphatic heterocycles. The zero-order chi connectivity index (χ0) is 13.2. The largest absolute Gasteiger partial charge is 0.314 e. The molecule has 1 heterocycles. The quantitative estimate of drug-likeness (QED) is 0.916.